The summed E-state index contributed by atoms with van der Waals surface area (Å²) in [6.45, 7) is 0.630. The van der Waals surface area contributed by atoms with Crippen LogP contribution in [-0.4, -0.2) is 12.5 Å². The van der Waals surface area contributed by atoms with Crippen LogP contribution in [0.5, 0.6) is 0 Å². The number of hydrogen-bond acceptors (Lipinski definition) is 2. The van der Waals surface area contributed by atoms with Gasteiger partial charge >= 0.3 is 0 Å². The molecule has 2 aromatic rings. The molecule has 0 aliphatic heterocycles. The Kier molecular flexibility index (Phi) is 4.18. The standard InChI is InChI=1S/C13H12ClNOS/c14-12-6-2-1-5-11(12)13(16)15-8-7-10-4-3-9-17-10/h1-6,9H,7-8H2,(H,15,16). The Morgan fingerprint density at radius 3 is 2.76 bits per heavy atom. The maximum Gasteiger partial charge on any atom is 0.252 e. The third-order valence-electron chi connectivity index (χ3n) is 2.36. The average molecular weight is 266 g/mol. The molecule has 0 aliphatic rings. The molecule has 2 nitrogen and oxygen atoms in total. The maximum absolute atomic E-state index is 11.8. The van der Waals surface area contributed by atoms with Gasteiger partial charge in [-0.2, -0.15) is 0 Å². The number of nitrogens with one attached hydrogen (secondary N) is 1. The molecule has 0 aliphatic carbocycles. The average Bonchev–Trinajstić information content (AvgIpc) is 2.82. The van der Waals surface area contributed by atoms with Crippen LogP contribution in [0.2, 0.25) is 5.02 Å². The molecule has 0 saturated carbocycles. The van der Waals surface area contributed by atoms with E-state index >= 15 is 0 Å². The molecule has 1 amide bonds. The largest absolute Gasteiger partial charge is 0.352 e. The summed E-state index contributed by atoms with van der Waals surface area (Å²) in [5.41, 5.74) is 0.528. The highest BCUT2D eigenvalue weighted by molar-refractivity contribution is 7.09. The number of hydrogen-bond donors (Lipinski definition) is 1. The molecule has 0 saturated heterocycles. The highest BCUT2D eigenvalue weighted by Crippen LogP contribution is 2.14. The summed E-state index contributed by atoms with van der Waals surface area (Å²) >= 11 is 7.64. The summed E-state index contributed by atoms with van der Waals surface area (Å²) in [6.07, 6.45) is 0.855. The van der Waals surface area contributed by atoms with E-state index in [0.29, 0.717) is 17.1 Å². The summed E-state index contributed by atoms with van der Waals surface area (Å²) in [7, 11) is 0. The fourth-order valence-corrected chi connectivity index (χ4v) is 2.43. The monoisotopic (exact) mass is 265 g/mol. The van der Waals surface area contributed by atoms with E-state index in [1.807, 2.05) is 17.5 Å². The van der Waals surface area contributed by atoms with E-state index in [0.717, 1.165) is 6.42 Å². The number of halogens is 1. The lowest BCUT2D eigenvalue weighted by Crippen LogP contribution is -2.25. The minimum Gasteiger partial charge on any atom is -0.352 e. The smallest absolute Gasteiger partial charge is 0.252 e. The highest BCUT2D eigenvalue weighted by atomic mass is 35.5. The van der Waals surface area contributed by atoms with Crippen LogP contribution < -0.4 is 5.32 Å². The van der Waals surface area contributed by atoms with Crippen LogP contribution in [0.15, 0.2) is 41.8 Å². The van der Waals surface area contributed by atoms with Crippen molar-refractivity contribution in [1.82, 2.24) is 5.32 Å². The summed E-state index contributed by atoms with van der Waals surface area (Å²) in [6, 6.07) is 11.1. The second-order valence-electron chi connectivity index (χ2n) is 3.57. The lowest BCUT2D eigenvalue weighted by atomic mass is 10.2. The summed E-state index contributed by atoms with van der Waals surface area (Å²) in [4.78, 5) is 13.1. The molecule has 17 heavy (non-hydrogen) atoms. The van der Waals surface area contributed by atoms with Crippen molar-refractivity contribution in [3.63, 3.8) is 0 Å². The van der Waals surface area contributed by atoms with Gasteiger partial charge in [-0.15, -0.1) is 11.3 Å². The Morgan fingerprint density at radius 1 is 1.24 bits per heavy atom. The lowest BCUT2D eigenvalue weighted by molar-refractivity contribution is 0.0954. The van der Waals surface area contributed by atoms with Crippen molar-refractivity contribution in [2.75, 3.05) is 6.54 Å². The molecular weight excluding hydrogens is 254 g/mol. The van der Waals surface area contributed by atoms with Gasteiger partial charge in [0.2, 0.25) is 0 Å². The molecule has 1 heterocycles. The Labute approximate surface area is 109 Å². The van der Waals surface area contributed by atoms with Gasteiger partial charge in [-0.1, -0.05) is 29.8 Å². The first-order valence-electron chi connectivity index (χ1n) is 5.32. The Hall–Kier alpha value is -1.32. The summed E-state index contributed by atoms with van der Waals surface area (Å²) in [5, 5.41) is 5.38. The predicted molar refractivity (Wildman–Crippen MR) is 71.8 cm³/mol. The maximum atomic E-state index is 11.8. The van der Waals surface area contributed by atoms with E-state index in [-0.39, 0.29) is 5.91 Å². The minimum absolute atomic E-state index is 0.118. The van der Waals surface area contributed by atoms with Crippen molar-refractivity contribution >= 4 is 28.8 Å². The summed E-state index contributed by atoms with van der Waals surface area (Å²) in [5.74, 6) is -0.118. The van der Waals surface area contributed by atoms with E-state index in [1.165, 1.54) is 4.88 Å². The zero-order valence-corrected chi connectivity index (χ0v) is 10.7. The Bertz CT molecular complexity index is 496. The SMILES string of the molecule is O=C(NCCc1cccs1)c1ccccc1Cl. The van der Waals surface area contributed by atoms with Crippen LogP contribution in [0, 0.1) is 0 Å². The molecule has 0 atom stereocenters. The fraction of sp³-hybridized carbons (Fsp3) is 0.154. The molecule has 0 radical (unpaired) electrons. The van der Waals surface area contributed by atoms with Crippen LogP contribution >= 0.6 is 22.9 Å². The van der Waals surface area contributed by atoms with Gasteiger partial charge in [0.1, 0.15) is 0 Å². The Morgan fingerprint density at radius 2 is 2.06 bits per heavy atom. The lowest BCUT2D eigenvalue weighted by Gasteiger charge is -2.05. The van der Waals surface area contributed by atoms with Crippen molar-refractivity contribution in [3.8, 4) is 0 Å². The molecule has 1 aromatic heterocycles. The first kappa shape index (κ1) is 12.1. The molecular formula is C13H12ClNOS. The molecule has 0 bridgehead atoms. The second-order valence-corrected chi connectivity index (χ2v) is 5.00. The van der Waals surface area contributed by atoms with Gasteiger partial charge in [0, 0.05) is 11.4 Å². The van der Waals surface area contributed by atoms with Gasteiger partial charge in [-0.05, 0) is 30.0 Å². The molecule has 2 rings (SSSR count). The third-order valence-corrected chi connectivity index (χ3v) is 3.62. The van der Waals surface area contributed by atoms with Gasteiger partial charge < -0.3 is 5.32 Å². The second kappa shape index (κ2) is 5.84. The van der Waals surface area contributed by atoms with E-state index in [4.69, 9.17) is 11.6 Å². The quantitative estimate of drug-likeness (QED) is 0.902. The van der Waals surface area contributed by atoms with Gasteiger partial charge in [0.25, 0.3) is 5.91 Å². The minimum atomic E-state index is -0.118. The first-order valence-corrected chi connectivity index (χ1v) is 6.58. The van der Waals surface area contributed by atoms with E-state index in [2.05, 4.69) is 11.4 Å². The zero-order chi connectivity index (χ0) is 12.1. The van der Waals surface area contributed by atoms with Crippen LogP contribution in [0.1, 0.15) is 15.2 Å². The normalized spacial score (nSPS) is 10.2. The van der Waals surface area contributed by atoms with Gasteiger partial charge in [-0.25, -0.2) is 0 Å². The van der Waals surface area contributed by atoms with Crippen molar-refractivity contribution in [2.45, 2.75) is 6.42 Å². The number of rotatable bonds is 4. The Balaban J connectivity index is 1.88. The van der Waals surface area contributed by atoms with Crippen molar-refractivity contribution in [1.29, 1.82) is 0 Å². The molecule has 1 N–H and O–H groups in total. The van der Waals surface area contributed by atoms with Gasteiger partial charge in [0.05, 0.1) is 10.6 Å². The van der Waals surface area contributed by atoms with Crippen LogP contribution in [0.3, 0.4) is 0 Å². The number of carbonyl (C=O) groups excluding carboxylic acids is 1. The highest BCUT2D eigenvalue weighted by Gasteiger charge is 2.08. The van der Waals surface area contributed by atoms with Crippen LogP contribution in [-0.2, 0) is 6.42 Å². The fourth-order valence-electron chi connectivity index (χ4n) is 1.49. The predicted octanol–water partition coefficient (Wildman–Crippen LogP) is 3.37. The van der Waals surface area contributed by atoms with Crippen molar-refractivity contribution < 1.29 is 4.79 Å². The van der Waals surface area contributed by atoms with Crippen molar-refractivity contribution in [3.05, 3.63) is 57.2 Å². The van der Waals surface area contributed by atoms with Crippen LogP contribution in [0.4, 0.5) is 0 Å². The van der Waals surface area contributed by atoms with Gasteiger partial charge in [-0.3, -0.25) is 4.79 Å². The molecule has 0 unspecified atom stereocenters. The van der Waals surface area contributed by atoms with Crippen molar-refractivity contribution in [2.24, 2.45) is 0 Å². The zero-order valence-electron chi connectivity index (χ0n) is 9.15. The summed E-state index contributed by atoms with van der Waals surface area (Å²) < 4.78 is 0. The molecule has 0 spiro atoms. The number of thiophene rings is 1. The van der Waals surface area contributed by atoms with Gasteiger partial charge in [0.15, 0.2) is 0 Å². The first-order chi connectivity index (χ1) is 8.27. The molecule has 0 fully saturated rings. The van der Waals surface area contributed by atoms with E-state index in [1.54, 1.807) is 29.5 Å². The number of amides is 1. The number of benzene rings is 1. The van der Waals surface area contributed by atoms with E-state index < -0.39 is 0 Å². The molecule has 88 valence electrons. The topological polar surface area (TPSA) is 29.1 Å². The molecule has 4 heteroatoms. The third kappa shape index (κ3) is 3.32. The van der Waals surface area contributed by atoms with E-state index in [9.17, 15) is 4.79 Å². The van der Waals surface area contributed by atoms with Crippen LogP contribution in [0.25, 0.3) is 0 Å². The molecule has 1 aromatic carbocycles. The number of carbonyl (C=O) groups is 1.